The van der Waals surface area contributed by atoms with Crippen molar-refractivity contribution in [1.82, 2.24) is 9.88 Å². The van der Waals surface area contributed by atoms with Gasteiger partial charge >= 0.3 is 0 Å². The highest BCUT2D eigenvalue weighted by molar-refractivity contribution is 5.96. The van der Waals surface area contributed by atoms with E-state index in [1.165, 1.54) is 0 Å². The zero-order valence-corrected chi connectivity index (χ0v) is 11.6. The first-order chi connectivity index (χ1) is 9.47. The first-order valence-corrected chi connectivity index (χ1v) is 6.77. The monoisotopic (exact) mass is 276 g/mol. The minimum Gasteiger partial charge on any atom is -0.397 e. The molecule has 2 heterocycles. The Morgan fingerprint density at radius 1 is 1.40 bits per heavy atom. The van der Waals surface area contributed by atoms with E-state index in [1.54, 1.807) is 24.1 Å². The summed E-state index contributed by atoms with van der Waals surface area (Å²) in [5, 5.41) is 0. The van der Waals surface area contributed by atoms with Crippen molar-refractivity contribution in [2.24, 2.45) is 11.7 Å². The molecule has 0 aliphatic carbocycles. The third-order valence-electron chi connectivity index (χ3n) is 3.73. The molecule has 1 aliphatic rings. The second-order valence-corrected chi connectivity index (χ2v) is 5.31. The van der Waals surface area contributed by atoms with Crippen LogP contribution in [-0.2, 0) is 4.79 Å². The van der Waals surface area contributed by atoms with Crippen LogP contribution in [0.5, 0.6) is 0 Å². The smallest absolute Gasteiger partial charge is 0.255 e. The number of anilines is 1. The number of aryl methyl sites for hydroxylation is 1. The Kier molecular flexibility index (Phi) is 4.22. The number of nitrogens with zero attached hydrogens (tertiary/aromatic N) is 2. The fourth-order valence-corrected chi connectivity index (χ4v) is 2.56. The van der Waals surface area contributed by atoms with Gasteiger partial charge in [-0.15, -0.1) is 0 Å². The van der Waals surface area contributed by atoms with Crippen molar-refractivity contribution in [3.8, 4) is 0 Å². The summed E-state index contributed by atoms with van der Waals surface area (Å²) in [7, 11) is 0. The van der Waals surface area contributed by atoms with E-state index in [1.807, 2.05) is 0 Å². The predicted molar refractivity (Wildman–Crippen MR) is 75.8 cm³/mol. The Morgan fingerprint density at radius 3 is 2.65 bits per heavy atom. The van der Waals surface area contributed by atoms with Gasteiger partial charge < -0.3 is 16.4 Å². The molecule has 0 atom stereocenters. The third kappa shape index (κ3) is 3.26. The van der Waals surface area contributed by atoms with E-state index in [2.05, 4.69) is 4.98 Å². The summed E-state index contributed by atoms with van der Waals surface area (Å²) in [5.41, 5.74) is 12.6. The molecule has 1 saturated heterocycles. The summed E-state index contributed by atoms with van der Waals surface area (Å²) in [5.74, 6) is -0.0258. The van der Waals surface area contributed by atoms with Gasteiger partial charge in [-0.25, -0.2) is 0 Å². The number of amides is 2. The van der Waals surface area contributed by atoms with Gasteiger partial charge in [-0.3, -0.25) is 14.6 Å². The average Bonchev–Trinajstić information content (AvgIpc) is 2.41. The Balaban J connectivity index is 2.01. The van der Waals surface area contributed by atoms with Crippen molar-refractivity contribution in [1.29, 1.82) is 0 Å². The molecule has 0 unspecified atom stereocenters. The number of hydrogen-bond acceptors (Lipinski definition) is 4. The largest absolute Gasteiger partial charge is 0.397 e. The van der Waals surface area contributed by atoms with Crippen molar-refractivity contribution in [3.63, 3.8) is 0 Å². The molecule has 0 spiro atoms. The van der Waals surface area contributed by atoms with Crippen LogP contribution in [0.4, 0.5) is 5.69 Å². The number of likely N-dealkylation sites (tertiary alicyclic amines) is 1. The molecule has 6 nitrogen and oxygen atoms in total. The summed E-state index contributed by atoms with van der Waals surface area (Å²) in [6.07, 6.45) is 3.57. The second-order valence-electron chi connectivity index (χ2n) is 5.31. The SMILES string of the molecule is Cc1ncc(N)cc1C(=O)N1CCC(CC(N)=O)CC1. The first kappa shape index (κ1) is 14.3. The van der Waals surface area contributed by atoms with E-state index < -0.39 is 0 Å². The van der Waals surface area contributed by atoms with Crippen LogP contribution in [0.3, 0.4) is 0 Å². The number of aromatic nitrogens is 1. The number of primary amides is 1. The summed E-state index contributed by atoms with van der Waals surface area (Å²) < 4.78 is 0. The number of hydrogen-bond donors (Lipinski definition) is 2. The lowest BCUT2D eigenvalue weighted by Crippen LogP contribution is -2.39. The number of carbonyl (C=O) groups excluding carboxylic acids is 2. The average molecular weight is 276 g/mol. The van der Waals surface area contributed by atoms with E-state index in [0.29, 0.717) is 36.5 Å². The number of pyridine rings is 1. The summed E-state index contributed by atoms with van der Waals surface area (Å²) >= 11 is 0. The topological polar surface area (TPSA) is 102 Å². The first-order valence-electron chi connectivity index (χ1n) is 6.77. The molecular formula is C14H20N4O2. The number of nitrogens with two attached hydrogens (primary N) is 2. The number of rotatable bonds is 3. The lowest BCUT2D eigenvalue weighted by molar-refractivity contribution is -0.119. The molecule has 4 N–H and O–H groups in total. The van der Waals surface area contributed by atoms with Crippen molar-refractivity contribution in [2.45, 2.75) is 26.2 Å². The maximum atomic E-state index is 12.4. The van der Waals surface area contributed by atoms with Gasteiger partial charge in [0.25, 0.3) is 5.91 Å². The molecule has 2 amide bonds. The van der Waals surface area contributed by atoms with Gasteiger partial charge in [-0.2, -0.15) is 0 Å². The Morgan fingerprint density at radius 2 is 2.05 bits per heavy atom. The molecular weight excluding hydrogens is 256 g/mol. The van der Waals surface area contributed by atoms with Crippen LogP contribution < -0.4 is 11.5 Å². The quantitative estimate of drug-likeness (QED) is 0.848. The lowest BCUT2D eigenvalue weighted by atomic mass is 9.93. The highest BCUT2D eigenvalue weighted by Gasteiger charge is 2.25. The molecule has 1 aromatic rings. The highest BCUT2D eigenvalue weighted by atomic mass is 16.2. The van der Waals surface area contributed by atoms with E-state index in [4.69, 9.17) is 11.5 Å². The van der Waals surface area contributed by atoms with Gasteiger partial charge in [0.05, 0.1) is 23.1 Å². The number of piperidine rings is 1. The van der Waals surface area contributed by atoms with Crippen molar-refractivity contribution >= 4 is 17.5 Å². The zero-order chi connectivity index (χ0) is 14.7. The van der Waals surface area contributed by atoms with Crippen LogP contribution in [0, 0.1) is 12.8 Å². The predicted octanol–water partition coefficient (Wildman–Crippen LogP) is 0.700. The second kappa shape index (κ2) is 5.90. The highest BCUT2D eigenvalue weighted by Crippen LogP contribution is 2.22. The van der Waals surface area contributed by atoms with Gasteiger partial charge in [0, 0.05) is 19.5 Å². The van der Waals surface area contributed by atoms with Crippen molar-refractivity contribution in [3.05, 3.63) is 23.5 Å². The molecule has 0 bridgehead atoms. The Hall–Kier alpha value is -2.11. The van der Waals surface area contributed by atoms with Gasteiger partial charge in [0.2, 0.25) is 5.91 Å². The van der Waals surface area contributed by atoms with Crippen LogP contribution in [-0.4, -0.2) is 34.8 Å². The fourth-order valence-electron chi connectivity index (χ4n) is 2.56. The van der Waals surface area contributed by atoms with E-state index in [0.717, 1.165) is 12.8 Å². The summed E-state index contributed by atoms with van der Waals surface area (Å²) in [4.78, 5) is 29.3. The number of nitrogen functional groups attached to an aromatic ring is 1. The maximum absolute atomic E-state index is 12.4. The molecule has 1 fully saturated rings. The van der Waals surface area contributed by atoms with Gasteiger partial charge in [-0.1, -0.05) is 0 Å². The van der Waals surface area contributed by atoms with E-state index >= 15 is 0 Å². The minimum absolute atomic E-state index is 0.0418. The van der Waals surface area contributed by atoms with Crippen LogP contribution in [0.2, 0.25) is 0 Å². The summed E-state index contributed by atoms with van der Waals surface area (Å²) in [6.45, 7) is 3.09. The van der Waals surface area contributed by atoms with Crippen LogP contribution >= 0.6 is 0 Å². The van der Waals surface area contributed by atoms with Crippen molar-refractivity contribution < 1.29 is 9.59 Å². The van der Waals surface area contributed by atoms with Gasteiger partial charge in [-0.05, 0) is 31.7 Å². The van der Waals surface area contributed by atoms with E-state index in [-0.39, 0.29) is 17.7 Å². The summed E-state index contributed by atoms with van der Waals surface area (Å²) in [6, 6.07) is 1.67. The van der Waals surface area contributed by atoms with Crippen LogP contribution in [0.25, 0.3) is 0 Å². The fraction of sp³-hybridized carbons (Fsp3) is 0.500. The molecule has 6 heteroatoms. The van der Waals surface area contributed by atoms with Gasteiger partial charge in [0.15, 0.2) is 0 Å². The molecule has 0 aromatic carbocycles. The molecule has 0 radical (unpaired) electrons. The molecule has 1 aromatic heterocycles. The zero-order valence-electron chi connectivity index (χ0n) is 11.6. The van der Waals surface area contributed by atoms with Crippen LogP contribution in [0.1, 0.15) is 35.3 Å². The van der Waals surface area contributed by atoms with Gasteiger partial charge in [0.1, 0.15) is 0 Å². The van der Waals surface area contributed by atoms with Crippen molar-refractivity contribution in [2.75, 3.05) is 18.8 Å². The number of carbonyl (C=O) groups is 2. The van der Waals surface area contributed by atoms with E-state index in [9.17, 15) is 9.59 Å². The molecule has 108 valence electrons. The molecule has 1 aliphatic heterocycles. The molecule has 2 rings (SSSR count). The Bertz CT molecular complexity index is 522. The molecule has 0 saturated carbocycles. The standard InChI is InChI=1S/C14H20N4O2/c1-9-12(7-11(15)8-17-9)14(20)18-4-2-10(3-5-18)6-13(16)19/h7-8,10H,2-6,15H2,1H3,(H2,16,19). The Labute approximate surface area is 118 Å². The minimum atomic E-state index is -0.273. The molecule has 20 heavy (non-hydrogen) atoms. The lowest BCUT2D eigenvalue weighted by Gasteiger charge is -2.31. The maximum Gasteiger partial charge on any atom is 0.255 e. The third-order valence-corrected chi connectivity index (χ3v) is 3.73. The van der Waals surface area contributed by atoms with Crippen LogP contribution in [0.15, 0.2) is 12.3 Å². The normalized spacial score (nSPS) is 16.1.